The van der Waals surface area contributed by atoms with Crippen LogP contribution in [0, 0.1) is 0 Å². The lowest BCUT2D eigenvalue weighted by molar-refractivity contribution is 0.301. The zero-order valence-corrected chi connectivity index (χ0v) is 13.5. The molecule has 0 amide bonds. The molecule has 0 aliphatic heterocycles. The number of aliphatic hydroxyl groups excluding tert-OH is 1. The maximum atomic E-state index is 9.88. The van der Waals surface area contributed by atoms with Gasteiger partial charge in [0, 0.05) is 0 Å². The molecule has 0 spiro atoms. The zero-order valence-electron chi connectivity index (χ0n) is 10.5. The Morgan fingerprint density at radius 3 is 1.63 bits per heavy atom. The Morgan fingerprint density at radius 2 is 1.37 bits per heavy atom. The Morgan fingerprint density at radius 1 is 0.947 bits per heavy atom. The minimum atomic E-state index is -2.83. The molecule has 0 saturated heterocycles. The van der Waals surface area contributed by atoms with Gasteiger partial charge in [-0.15, -0.1) is 13.2 Å². The number of rotatable bonds is 7. The normalized spacial score (nSPS) is 16.5. The van der Waals surface area contributed by atoms with Gasteiger partial charge in [0.25, 0.3) is 0 Å². The lowest BCUT2D eigenvalue weighted by atomic mass is 11.3. The van der Waals surface area contributed by atoms with E-state index in [4.69, 9.17) is 8.23 Å². The van der Waals surface area contributed by atoms with Crippen molar-refractivity contribution in [2.45, 2.75) is 48.5 Å². The summed E-state index contributed by atoms with van der Waals surface area (Å²) < 4.78 is 11.5. The molecule has 2 unspecified atom stereocenters. The van der Waals surface area contributed by atoms with E-state index in [-0.39, 0.29) is 28.5 Å². The van der Waals surface area contributed by atoms with Crippen LogP contribution in [0.5, 0.6) is 0 Å². The van der Waals surface area contributed by atoms with Crippen LogP contribution >= 0.6 is 0 Å². The highest BCUT2D eigenvalue weighted by atomic mass is 28.5. The van der Waals surface area contributed by atoms with Gasteiger partial charge in [-0.2, -0.15) is 0 Å². The van der Waals surface area contributed by atoms with Gasteiger partial charge in [0.15, 0.2) is 0 Å². The third-order valence-corrected chi connectivity index (χ3v) is 11.8. The van der Waals surface area contributed by atoms with Gasteiger partial charge in [0.05, 0.1) is 6.23 Å². The van der Waals surface area contributed by atoms with Gasteiger partial charge >= 0.3 is 17.1 Å². The van der Waals surface area contributed by atoms with E-state index in [1.54, 1.807) is 12.2 Å². The third kappa shape index (κ3) is 10.4. The minimum Gasteiger partial charge on any atom is -0.431 e. The Kier molecular flexibility index (Phi) is 14.1. The molecule has 0 heterocycles. The molecule has 118 valence electrons. The average molecular weight is 327 g/mol. The Bertz CT molecular complexity index is 270. The molecule has 0 aromatic heterocycles. The summed E-state index contributed by atoms with van der Waals surface area (Å²) in [5.41, 5.74) is 3.13. The van der Waals surface area contributed by atoms with Crippen LogP contribution in [0.25, 0.3) is 0 Å². The summed E-state index contributed by atoms with van der Waals surface area (Å²) in [6.07, 6.45) is -0.0337. The molecule has 0 fully saturated rings. The van der Waals surface area contributed by atoms with Crippen LogP contribution in [-0.4, -0.2) is 41.6 Å². The molecule has 0 aromatic carbocycles. The van der Waals surface area contributed by atoms with Gasteiger partial charge < -0.3 is 18.1 Å². The van der Waals surface area contributed by atoms with Crippen molar-refractivity contribution in [3.05, 3.63) is 24.6 Å². The Labute approximate surface area is 123 Å². The molecule has 0 aliphatic rings. The topological polar surface area (TPSA) is 58.9 Å². The first kappa shape index (κ1) is 27.3. The van der Waals surface area contributed by atoms with Crippen molar-refractivity contribution < 1.29 is 18.1 Å². The van der Waals surface area contributed by atoms with E-state index in [1.165, 1.54) is 5.70 Å². The van der Waals surface area contributed by atoms with E-state index in [1.807, 2.05) is 19.6 Å². The summed E-state index contributed by atoms with van der Waals surface area (Å²) in [4.78, 5) is 9.88. The molecular weight excluding hydrogens is 292 g/mol. The van der Waals surface area contributed by atoms with Crippen molar-refractivity contribution in [2.75, 3.05) is 6.23 Å². The van der Waals surface area contributed by atoms with Crippen molar-refractivity contribution in [1.29, 1.82) is 0 Å². The third-order valence-electron chi connectivity index (χ3n) is 2.06. The highest BCUT2D eigenvalue weighted by Gasteiger charge is 2.40. The molecule has 0 aromatic rings. The average Bonchev–Trinajstić information content (AvgIpc) is 2.15. The van der Waals surface area contributed by atoms with E-state index >= 15 is 0 Å². The van der Waals surface area contributed by atoms with Crippen molar-refractivity contribution >= 4 is 25.4 Å². The molecule has 19 heavy (non-hydrogen) atoms. The molecule has 2 atom stereocenters. The summed E-state index contributed by atoms with van der Waals surface area (Å²) in [7, 11) is -7.61. The van der Waals surface area contributed by atoms with Gasteiger partial charge in [0.1, 0.15) is 0 Å². The maximum Gasteiger partial charge on any atom is 0.349 e. The molecular formula is C12H34O4Si3. The summed E-state index contributed by atoms with van der Waals surface area (Å²) in [6, 6.07) is 0. The van der Waals surface area contributed by atoms with Crippen molar-refractivity contribution in [2.24, 2.45) is 0 Å². The fraction of sp³-hybridized carbons (Fsp3) is 0.667. The molecule has 0 saturated carbocycles. The van der Waals surface area contributed by atoms with Gasteiger partial charge in [-0.1, -0.05) is 33.7 Å². The maximum absolute atomic E-state index is 9.88. The smallest absolute Gasteiger partial charge is 0.349 e. The van der Waals surface area contributed by atoms with Crippen LogP contribution in [0.3, 0.4) is 0 Å². The van der Waals surface area contributed by atoms with Gasteiger partial charge in [-0.3, -0.25) is 0 Å². The zero-order chi connectivity index (χ0) is 13.0. The predicted molar refractivity (Wildman–Crippen MR) is 92.8 cm³/mol. The van der Waals surface area contributed by atoms with E-state index in [2.05, 4.69) is 13.2 Å². The number of hydrogen-bond donors (Lipinski definition) is 2. The van der Waals surface area contributed by atoms with E-state index in [0.717, 1.165) is 0 Å². The quantitative estimate of drug-likeness (QED) is 0.705. The van der Waals surface area contributed by atoms with Crippen molar-refractivity contribution in [3.63, 3.8) is 0 Å². The lowest BCUT2D eigenvalue weighted by Gasteiger charge is -2.35. The van der Waals surface area contributed by atoms with Crippen LogP contribution in [-0.2, 0) is 8.23 Å². The van der Waals surface area contributed by atoms with Crippen LogP contribution < -0.4 is 0 Å². The second kappa shape index (κ2) is 9.81. The molecule has 0 rings (SSSR count). The first-order valence-corrected chi connectivity index (χ1v) is 13.0. The van der Waals surface area contributed by atoms with Crippen LogP contribution in [0.15, 0.2) is 24.6 Å². The Balaban J connectivity index is -0.000000375. The largest absolute Gasteiger partial charge is 0.431 e. The molecule has 0 bridgehead atoms. The van der Waals surface area contributed by atoms with Gasteiger partial charge in [-0.05, 0) is 26.2 Å². The number of hydrogen-bond acceptors (Lipinski definition) is 4. The van der Waals surface area contributed by atoms with E-state index in [0.29, 0.717) is 0 Å². The molecule has 0 radical (unpaired) electrons. The van der Waals surface area contributed by atoms with Crippen LogP contribution in [0.2, 0.25) is 26.2 Å². The van der Waals surface area contributed by atoms with Crippen molar-refractivity contribution in [1.82, 2.24) is 0 Å². The van der Waals surface area contributed by atoms with E-state index < -0.39 is 25.4 Å². The minimum absolute atomic E-state index is 0. The molecule has 2 N–H and O–H groups in total. The highest BCUT2D eigenvalue weighted by Crippen LogP contribution is 2.19. The summed E-state index contributed by atoms with van der Waals surface area (Å²) in [5.74, 6) is 0. The van der Waals surface area contributed by atoms with Gasteiger partial charge in [0.2, 0.25) is 8.32 Å². The first-order chi connectivity index (χ1) is 7.10. The second-order valence-electron chi connectivity index (χ2n) is 4.54. The number of aliphatic hydroxyl groups is 1. The summed E-state index contributed by atoms with van der Waals surface area (Å²) in [5, 5.41) is 9.26. The van der Waals surface area contributed by atoms with Crippen LogP contribution in [0.1, 0.15) is 22.3 Å². The summed E-state index contributed by atoms with van der Waals surface area (Å²) in [6.45, 7) is 14.4. The summed E-state index contributed by atoms with van der Waals surface area (Å²) >= 11 is 0. The Hall–Kier alpha value is -0.0294. The lowest BCUT2D eigenvalue weighted by Crippen LogP contribution is -2.54. The van der Waals surface area contributed by atoms with Crippen LogP contribution in [0.4, 0.5) is 0 Å². The molecule has 7 heteroatoms. The second-order valence-corrected chi connectivity index (χ2v) is 14.8. The van der Waals surface area contributed by atoms with Gasteiger partial charge in [-0.25, -0.2) is 0 Å². The predicted octanol–water partition coefficient (Wildman–Crippen LogP) is 3.25. The van der Waals surface area contributed by atoms with E-state index in [9.17, 15) is 9.90 Å². The SMILES string of the molecule is C.C.C.C=C[Si](C)(O)O[Si](C)(C)O[Si](C)(C=C)CO. The highest BCUT2D eigenvalue weighted by molar-refractivity contribution is 6.89. The van der Waals surface area contributed by atoms with Crippen molar-refractivity contribution in [3.8, 4) is 0 Å². The fourth-order valence-corrected chi connectivity index (χ4v) is 11.3. The first-order valence-electron chi connectivity index (χ1n) is 5.10. The fourth-order valence-electron chi connectivity index (χ4n) is 1.26. The molecule has 4 nitrogen and oxygen atoms in total. The monoisotopic (exact) mass is 326 g/mol. The molecule has 0 aliphatic carbocycles. The standard InChI is InChI=1S/C9H22O4Si3.3CH4/c1-7-15(5,9-10)12-14(3,4)13-16(6,11)8-2;;;/h7-8,10-11H,1-2,9H2,3-6H3;3*1H4.